The number of benzene rings is 1. The molecule has 1 N–H and O–H groups in total. The van der Waals surface area contributed by atoms with Crippen molar-refractivity contribution in [3.63, 3.8) is 0 Å². The monoisotopic (exact) mass is 302 g/mol. The van der Waals surface area contributed by atoms with E-state index in [1.165, 1.54) is 18.2 Å². The average Bonchev–Trinajstić information content (AvgIpc) is 2.36. The van der Waals surface area contributed by atoms with Crippen LogP contribution in [0.25, 0.3) is 0 Å². The Labute approximate surface area is 120 Å². The minimum absolute atomic E-state index is 0.0651. The number of nitrogens with zero attached hydrogens (tertiary/aromatic N) is 1. The summed E-state index contributed by atoms with van der Waals surface area (Å²) in [6.45, 7) is 2.04. The Bertz CT molecular complexity index is 468. The fourth-order valence-corrected chi connectivity index (χ4v) is 1.76. The van der Waals surface area contributed by atoms with Crippen molar-refractivity contribution in [1.29, 1.82) is 5.26 Å². The maximum absolute atomic E-state index is 11.9. The molecule has 7 heteroatoms. The topological polar surface area (TPSA) is 71.3 Å². The quantitative estimate of drug-likeness (QED) is 0.498. The van der Waals surface area contributed by atoms with Crippen molar-refractivity contribution in [2.45, 2.75) is 13.0 Å². The Hall–Kier alpha value is -1.32. The van der Waals surface area contributed by atoms with Crippen molar-refractivity contribution in [2.75, 3.05) is 13.2 Å². The van der Waals surface area contributed by atoms with Gasteiger partial charge in [0.25, 0.3) is 5.91 Å². The van der Waals surface area contributed by atoms with Gasteiger partial charge in [-0.2, -0.15) is 5.26 Å². The van der Waals surface area contributed by atoms with Crippen LogP contribution in [-0.4, -0.2) is 25.2 Å². The van der Waals surface area contributed by atoms with Crippen LogP contribution in [-0.2, 0) is 9.78 Å². The normalized spacial score (nSPS) is 11.7. The van der Waals surface area contributed by atoms with Gasteiger partial charge in [0, 0.05) is 15.6 Å². The van der Waals surface area contributed by atoms with Crippen LogP contribution < -0.4 is 5.32 Å². The SMILES string of the molecule is CCOOCC(C#N)NC(=O)c1cc(Cl)cc(Cl)c1. The van der Waals surface area contributed by atoms with Gasteiger partial charge in [0.15, 0.2) is 0 Å². The number of nitriles is 1. The molecule has 0 bridgehead atoms. The van der Waals surface area contributed by atoms with Crippen molar-refractivity contribution >= 4 is 29.1 Å². The number of amides is 1. The van der Waals surface area contributed by atoms with Gasteiger partial charge < -0.3 is 5.32 Å². The molecule has 0 fully saturated rings. The molecule has 0 radical (unpaired) electrons. The molecule has 1 aromatic carbocycles. The van der Waals surface area contributed by atoms with Gasteiger partial charge >= 0.3 is 0 Å². The van der Waals surface area contributed by atoms with E-state index in [2.05, 4.69) is 10.2 Å². The zero-order valence-electron chi connectivity index (χ0n) is 10.2. The first-order chi connectivity index (χ1) is 9.06. The minimum atomic E-state index is -0.822. The summed E-state index contributed by atoms with van der Waals surface area (Å²) in [5.41, 5.74) is 0.272. The molecule has 0 aromatic heterocycles. The molecule has 0 saturated carbocycles. The first-order valence-electron chi connectivity index (χ1n) is 5.47. The highest BCUT2D eigenvalue weighted by atomic mass is 35.5. The van der Waals surface area contributed by atoms with Crippen LogP contribution in [0, 0.1) is 11.3 Å². The van der Waals surface area contributed by atoms with E-state index in [1.807, 2.05) is 6.07 Å². The largest absolute Gasteiger partial charge is 0.334 e. The number of hydrogen-bond donors (Lipinski definition) is 1. The van der Waals surface area contributed by atoms with Crippen LogP contribution in [0.15, 0.2) is 18.2 Å². The zero-order chi connectivity index (χ0) is 14.3. The van der Waals surface area contributed by atoms with Gasteiger partial charge in [0.2, 0.25) is 0 Å². The predicted octanol–water partition coefficient (Wildman–Crippen LogP) is 2.58. The molecule has 1 unspecified atom stereocenters. The molecular weight excluding hydrogens is 291 g/mol. The Balaban J connectivity index is 2.64. The molecule has 1 atom stereocenters. The predicted molar refractivity (Wildman–Crippen MR) is 70.9 cm³/mol. The average molecular weight is 303 g/mol. The summed E-state index contributed by atoms with van der Waals surface area (Å²) in [6.07, 6.45) is 0. The standard InChI is InChI=1S/C12H12Cl2N2O3/c1-2-18-19-7-11(6-15)16-12(17)8-3-9(13)5-10(14)4-8/h3-5,11H,2,7H2,1H3,(H,16,17). The fraction of sp³-hybridized carbons (Fsp3) is 0.333. The third-order valence-corrected chi connectivity index (χ3v) is 2.46. The molecule has 1 amide bonds. The molecule has 0 spiro atoms. The summed E-state index contributed by atoms with van der Waals surface area (Å²) in [4.78, 5) is 21.3. The van der Waals surface area contributed by atoms with Crippen LogP contribution in [0.2, 0.25) is 10.0 Å². The molecule has 5 nitrogen and oxygen atoms in total. The second-order valence-corrected chi connectivity index (χ2v) is 4.38. The van der Waals surface area contributed by atoms with Crippen molar-refractivity contribution in [1.82, 2.24) is 5.32 Å². The Morgan fingerprint density at radius 2 is 2.00 bits per heavy atom. The van der Waals surface area contributed by atoms with Crippen LogP contribution in [0.1, 0.15) is 17.3 Å². The van der Waals surface area contributed by atoms with Crippen molar-refractivity contribution in [2.24, 2.45) is 0 Å². The van der Waals surface area contributed by atoms with E-state index in [-0.39, 0.29) is 12.2 Å². The number of carbonyl (C=O) groups excluding carboxylic acids is 1. The first kappa shape index (κ1) is 15.7. The molecule has 19 heavy (non-hydrogen) atoms. The minimum Gasteiger partial charge on any atom is -0.334 e. The molecular formula is C12H12Cl2N2O3. The Morgan fingerprint density at radius 3 is 2.53 bits per heavy atom. The van der Waals surface area contributed by atoms with Crippen molar-refractivity contribution < 1.29 is 14.6 Å². The van der Waals surface area contributed by atoms with E-state index in [9.17, 15) is 4.79 Å². The summed E-state index contributed by atoms with van der Waals surface area (Å²) in [7, 11) is 0. The van der Waals surface area contributed by atoms with Gasteiger partial charge in [-0.1, -0.05) is 23.2 Å². The molecule has 0 aliphatic carbocycles. The first-order valence-corrected chi connectivity index (χ1v) is 6.23. The van der Waals surface area contributed by atoms with E-state index >= 15 is 0 Å². The summed E-state index contributed by atoms with van der Waals surface area (Å²) >= 11 is 11.6. The van der Waals surface area contributed by atoms with Gasteiger partial charge in [0.1, 0.15) is 12.6 Å². The third-order valence-electron chi connectivity index (χ3n) is 2.02. The lowest BCUT2D eigenvalue weighted by atomic mass is 10.2. The van der Waals surface area contributed by atoms with Crippen LogP contribution >= 0.6 is 23.2 Å². The second kappa shape index (κ2) is 7.97. The summed E-state index contributed by atoms with van der Waals surface area (Å²) in [6, 6.07) is 5.50. The summed E-state index contributed by atoms with van der Waals surface area (Å²) in [5, 5.41) is 12.0. The number of hydrogen-bond acceptors (Lipinski definition) is 4. The van der Waals surface area contributed by atoms with Crippen LogP contribution in [0.4, 0.5) is 0 Å². The third kappa shape index (κ3) is 5.45. The van der Waals surface area contributed by atoms with E-state index < -0.39 is 11.9 Å². The fourth-order valence-electron chi connectivity index (χ4n) is 1.24. The Kier molecular flexibility index (Phi) is 6.60. The second-order valence-electron chi connectivity index (χ2n) is 3.50. The lowest BCUT2D eigenvalue weighted by Gasteiger charge is -2.11. The maximum Gasteiger partial charge on any atom is 0.252 e. The molecule has 1 rings (SSSR count). The molecule has 1 aromatic rings. The smallest absolute Gasteiger partial charge is 0.252 e. The van der Waals surface area contributed by atoms with E-state index in [0.717, 1.165) is 0 Å². The molecule has 0 heterocycles. The van der Waals surface area contributed by atoms with Crippen LogP contribution in [0.5, 0.6) is 0 Å². The van der Waals surface area contributed by atoms with Gasteiger partial charge in [-0.05, 0) is 25.1 Å². The van der Waals surface area contributed by atoms with E-state index in [4.69, 9.17) is 33.4 Å². The number of carbonyl (C=O) groups is 1. The number of halogens is 2. The molecule has 102 valence electrons. The van der Waals surface area contributed by atoms with Gasteiger partial charge in [-0.3, -0.25) is 4.79 Å². The molecule has 0 aliphatic rings. The molecule has 0 aliphatic heterocycles. The number of nitrogens with one attached hydrogen (secondary N) is 1. The maximum atomic E-state index is 11.9. The summed E-state index contributed by atoms with van der Waals surface area (Å²) in [5.74, 6) is -0.462. The number of rotatable bonds is 6. The highest BCUT2D eigenvalue weighted by molar-refractivity contribution is 6.35. The highest BCUT2D eigenvalue weighted by Gasteiger charge is 2.14. The lowest BCUT2D eigenvalue weighted by molar-refractivity contribution is -0.292. The molecule has 0 saturated heterocycles. The van der Waals surface area contributed by atoms with Gasteiger partial charge in [0.05, 0.1) is 12.7 Å². The zero-order valence-corrected chi connectivity index (χ0v) is 11.7. The van der Waals surface area contributed by atoms with Crippen molar-refractivity contribution in [3.05, 3.63) is 33.8 Å². The lowest BCUT2D eigenvalue weighted by Crippen LogP contribution is -2.37. The highest BCUT2D eigenvalue weighted by Crippen LogP contribution is 2.19. The van der Waals surface area contributed by atoms with E-state index in [0.29, 0.717) is 16.7 Å². The summed E-state index contributed by atoms with van der Waals surface area (Å²) < 4.78 is 0. The van der Waals surface area contributed by atoms with E-state index in [1.54, 1.807) is 6.92 Å². The van der Waals surface area contributed by atoms with Gasteiger partial charge in [-0.25, -0.2) is 9.78 Å². The van der Waals surface area contributed by atoms with Crippen molar-refractivity contribution in [3.8, 4) is 6.07 Å². The van der Waals surface area contributed by atoms with Gasteiger partial charge in [-0.15, -0.1) is 0 Å². The van der Waals surface area contributed by atoms with Crippen LogP contribution in [0.3, 0.4) is 0 Å². The Morgan fingerprint density at radius 1 is 1.37 bits per heavy atom.